The molecule has 17 heavy (non-hydrogen) atoms. The van der Waals surface area contributed by atoms with Crippen LogP contribution in [-0.4, -0.2) is 67.5 Å². The van der Waals surface area contributed by atoms with Crippen molar-refractivity contribution in [1.29, 1.82) is 0 Å². The van der Waals surface area contributed by atoms with E-state index in [-0.39, 0.29) is 0 Å². The molecule has 0 aromatic rings. The van der Waals surface area contributed by atoms with Crippen LogP contribution in [0.5, 0.6) is 0 Å². The minimum absolute atomic E-state index is 0.335. The smallest absolute Gasteiger partial charge is 0.181 e. The predicted octanol–water partition coefficient (Wildman–Crippen LogP) is -0.208. The zero-order valence-electron chi connectivity index (χ0n) is 10.4. The number of ether oxygens (including phenoxy) is 1. The van der Waals surface area contributed by atoms with Gasteiger partial charge < -0.3 is 15.0 Å². The van der Waals surface area contributed by atoms with Crippen molar-refractivity contribution in [3.05, 3.63) is 0 Å². The number of nitrogens with one attached hydrogen (secondary N) is 2. The molecule has 98 valence electrons. The molecule has 2 heterocycles. The maximum atomic E-state index is 5.54. The van der Waals surface area contributed by atoms with E-state index in [9.17, 15) is 0 Å². The van der Waals surface area contributed by atoms with Crippen LogP contribution in [0, 0.1) is 0 Å². The van der Waals surface area contributed by atoms with Crippen molar-refractivity contribution in [2.45, 2.75) is 18.9 Å². The molecule has 0 unspecified atom stereocenters. The number of rotatable bonds is 3. The fraction of sp³-hybridized carbons (Fsp3) is 0.909. The van der Waals surface area contributed by atoms with Crippen LogP contribution in [0.2, 0.25) is 0 Å². The third-order valence-electron chi connectivity index (χ3n) is 3.28. The summed E-state index contributed by atoms with van der Waals surface area (Å²) in [5.74, 6) is 0. The second-order valence-corrected chi connectivity index (χ2v) is 5.16. The second-order valence-electron chi connectivity index (χ2n) is 4.75. The van der Waals surface area contributed by atoms with Crippen molar-refractivity contribution in [3.63, 3.8) is 0 Å². The van der Waals surface area contributed by atoms with Gasteiger partial charge in [-0.2, -0.15) is 0 Å². The molecule has 0 aromatic heterocycles. The maximum absolute atomic E-state index is 5.54. The van der Waals surface area contributed by atoms with E-state index in [2.05, 4.69) is 27.7 Å². The molecule has 1 atom stereocenters. The van der Waals surface area contributed by atoms with Crippen LogP contribution in [0.3, 0.4) is 0 Å². The van der Waals surface area contributed by atoms with Crippen LogP contribution in [0.4, 0.5) is 0 Å². The van der Waals surface area contributed by atoms with Gasteiger partial charge in [-0.15, -0.1) is 0 Å². The van der Waals surface area contributed by atoms with Gasteiger partial charge in [0.25, 0.3) is 0 Å². The summed E-state index contributed by atoms with van der Waals surface area (Å²) in [6.07, 6.45) is 2.65. The Morgan fingerprint density at radius 3 is 2.76 bits per heavy atom. The number of likely N-dealkylation sites (N-methyl/N-ethyl adjacent to an activating group) is 1. The fourth-order valence-corrected chi connectivity index (χ4v) is 2.33. The van der Waals surface area contributed by atoms with E-state index in [1.165, 1.54) is 6.42 Å². The lowest BCUT2D eigenvalue weighted by atomic mass is 10.2. The Kier molecular flexibility index (Phi) is 4.97. The van der Waals surface area contributed by atoms with Crippen LogP contribution in [0.1, 0.15) is 12.8 Å². The summed E-state index contributed by atoms with van der Waals surface area (Å²) in [7, 11) is 2.14. The van der Waals surface area contributed by atoms with Crippen molar-refractivity contribution < 1.29 is 4.74 Å². The first-order valence-electron chi connectivity index (χ1n) is 6.33. The van der Waals surface area contributed by atoms with E-state index in [0.717, 1.165) is 45.8 Å². The van der Waals surface area contributed by atoms with Crippen LogP contribution in [0.15, 0.2) is 0 Å². The first-order valence-corrected chi connectivity index (χ1v) is 6.74. The van der Waals surface area contributed by atoms with Gasteiger partial charge >= 0.3 is 0 Å². The molecular formula is C11H22N4OS. The summed E-state index contributed by atoms with van der Waals surface area (Å²) in [5.41, 5.74) is 3.23. The van der Waals surface area contributed by atoms with Gasteiger partial charge in [0.05, 0.1) is 6.10 Å². The van der Waals surface area contributed by atoms with Gasteiger partial charge in [-0.05, 0) is 32.1 Å². The number of hydrazine groups is 1. The van der Waals surface area contributed by atoms with Crippen LogP contribution < -0.4 is 10.7 Å². The summed E-state index contributed by atoms with van der Waals surface area (Å²) in [5, 5.41) is 6.11. The molecule has 0 aliphatic carbocycles. The lowest BCUT2D eigenvalue weighted by Crippen LogP contribution is -2.55. The molecular weight excluding hydrogens is 236 g/mol. The fourth-order valence-electron chi connectivity index (χ4n) is 2.11. The molecule has 2 aliphatic rings. The molecule has 2 rings (SSSR count). The largest absolute Gasteiger partial charge is 0.376 e. The average molecular weight is 258 g/mol. The molecule has 0 saturated carbocycles. The highest BCUT2D eigenvalue weighted by Crippen LogP contribution is 2.10. The average Bonchev–Trinajstić information content (AvgIpc) is 2.83. The number of nitrogens with zero attached hydrogens (tertiary/aromatic N) is 2. The van der Waals surface area contributed by atoms with Crippen LogP contribution in [-0.2, 0) is 4.74 Å². The summed E-state index contributed by atoms with van der Waals surface area (Å²) >= 11 is 5.27. The zero-order valence-corrected chi connectivity index (χ0v) is 11.3. The van der Waals surface area contributed by atoms with Gasteiger partial charge in [0, 0.05) is 39.3 Å². The SMILES string of the molecule is CN1CCN(NC(=S)NC[C@H]2CCCO2)CC1. The van der Waals surface area contributed by atoms with E-state index >= 15 is 0 Å². The Balaban J connectivity index is 1.60. The standard InChI is InChI=1S/C11H22N4OS/c1-14-4-6-15(7-5-14)13-11(17)12-9-10-3-2-8-16-10/h10H,2-9H2,1H3,(H2,12,13,17)/t10-/m1/s1. The first-order chi connectivity index (χ1) is 8.24. The zero-order chi connectivity index (χ0) is 12.1. The third-order valence-corrected chi connectivity index (χ3v) is 3.51. The molecule has 0 aromatic carbocycles. The van der Waals surface area contributed by atoms with Gasteiger partial charge in [-0.1, -0.05) is 0 Å². The van der Waals surface area contributed by atoms with Crippen molar-refractivity contribution in [2.24, 2.45) is 0 Å². The Morgan fingerprint density at radius 1 is 1.35 bits per heavy atom. The minimum atomic E-state index is 0.335. The first kappa shape index (κ1) is 13.0. The van der Waals surface area contributed by atoms with Crippen molar-refractivity contribution in [1.82, 2.24) is 20.7 Å². The van der Waals surface area contributed by atoms with Crippen LogP contribution in [0.25, 0.3) is 0 Å². The number of hydrogen-bond donors (Lipinski definition) is 2. The molecule has 5 nitrogen and oxygen atoms in total. The number of piperazine rings is 1. The molecule has 2 aliphatic heterocycles. The van der Waals surface area contributed by atoms with E-state index in [4.69, 9.17) is 17.0 Å². The molecule has 6 heteroatoms. The van der Waals surface area contributed by atoms with Gasteiger partial charge in [0.2, 0.25) is 0 Å². The van der Waals surface area contributed by atoms with Crippen molar-refractivity contribution in [3.8, 4) is 0 Å². The topological polar surface area (TPSA) is 39.8 Å². The molecule has 2 N–H and O–H groups in total. The number of hydrogen-bond acceptors (Lipinski definition) is 4. The molecule has 0 amide bonds. The summed E-state index contributed by atoms with van der Waals surface area (Å²) in [6, 6.07) is 0. The van der Waals surface area contributed by atoms with Gasteiger partial charge in [-0.3, -0.25) is 5.43 Å². The van der Waals surface area contributed by atoms with E-state index < -0.39 is 0 Å². The normalized spacial score (nSPS) is 27.0. The van der Waals surface area contributed by atoms with Crippen LogP contribution >= 0.6 is 12.2 Å². The lowest BCUT2D eigenvalue weighted by Gasteiger charge is -2.33. The summed E-state index contributed by atoms with van der Waals surface area (Å²) in [4.78, 5) is 2.32. The van der Waals surface area contributed by atoms with Crippen molar-refractivity contribution >= 4 is 17.3 Å². The quantitative estimate of drug-likeness (QED) is 0.683. The molecule has 0 radical (unpaired) electrons. The maximum Gasteiger partial charge on any atom is 0.181 e. The van der Waals surface area contributed by atoms with E-state index in [1.54, 1.807) is 0 Å². The van der Waals surface area contributed by atoms with Crippen molar-refractivity contribution in [2.75, 3.05) is 46.4 Å². The van der Waals surface area contributed by atoms with Gasteiger partial charge in [-0.25, -0.2) is 5.01 Å². The number of thiocarbonyl (C=S) groups is 1. The summed E-state index contributed by atoms with van der Waals surface area (Å²) in [6.45, 7) is 5.91. The molecule has 0 spiro atoms. The van der Waals surface area contributed by atoms with Gasteiger partial charge in [0.15, 0.2) is 5.11 Å². The molecule has 0 bridgehead atoms. The van der Waals surface area contributed by atoms with E-state index in [1.807, 2.05) is 0 Å². The predicted molar refractivity (Wildman–Crippen MR) is 71.8 cm³/mol. The minimum Gasteiger partial charge on any atom is -0.376 e. The Morgan fingerprint density at radius 2 is 2.12 bits per heavy atom. The Labute approximate surface area is 108 Å². The lowest BCUT2D eigenvalue weighted by molar-refractivity contribution is 0.111. The Bertz CT molecular complexity index is 250. The highest BCUT2D eigenvalue weighted by molar-refractivity contribution is 7.80. The monoisotopic (exact) mass is 258 g/mol. The highest BCUT2D eigenvalue weighted by atomic mass is 32.1. The summed E-state index contributed by atoms with van der Waals surface area (Å²) < 4.78 is 5.54. The molecule has 2 fully saturated rings. The second kappa shape index (κ2) is 6.49. The third kappa shape index (κ3) is 4.39. The Hall–Kier alpha value is -0.430. The highest BCUT2D eigenvalue weighted by Gasteiger charge is 2.17. The molecule has 2 saturated heterocycles. The van der Waals surface area contributed by atoms with Gasteiger partial charge in [0.1, 0.15) is 0 Å². The van der Waals surface area contributed by atoms with E-state index in [0.29, 0.717) is 11.2 Å².